The Hall–Kier alpha value is -2.75. The molecule has 1 aromatic carbocycles. The summed E-state index contributed by atoms with van der Waals surface area (Å²) < 4.78 is 31.8. The molecule has 29 heavy (non-hydrogen) atoms. The monoisotopic (exact) mass is 422 g/mol. The second-order valence-corrected chi connectivity index (χ2v) is 8.46. The van der Waals surface area contributed by atoms with Gasteiger partial charge in [-0.3, -0.25) is 9.59 Å². The second kappa shape index (κ2) is 8.32. The number of hydrogen-bond acceptors (Lipinski definition) is 7. The van der Waals surface area contributed by atoms with E-state index >= 15 is 0 Å². The van der Waals surface area contributed by atoms with Gasteiger partial charge >= 0.3 is 10.2 Å². The molecule has 2 saturated heterocycles. The maximum Gasteiger partial charge on any atom is 0.331 e. The van der Waals surface area contributed by atoms with E-state index in [9.17, 15) is 18.0 Å². The van der Waals surface area contributed by atoms with Crippen molar-refractivity contribution < 1.29 is 22.7 Å². The van der Waals surface area contributed by atoms with Crippen LogP contribution in [0.3, 0.4) is 0 Å². The molecular formula is C19H26N4O5S. The lowest BCUT2D eigenvalue weighted by Crippen LogP contribution is -2.56. The summed E-state index contributed by atoms with van der Waals surface area (Å²) in [7, 11) is -2.47. The topological polar surface area (TPSA) is 90.5 Å². The maximum atomic E-state index is 12.7. The zero-order valence-electron chi connectivity index (χ0n) is 16.9. The van der Waals surface area contributed by atoms with Gasteiger partial charge in [0.25, 0.3) is 11.8 Å². The van der Waals surface area contributed by atoms with E-state index < -0.39 is 22.0 Å². The number of rotatable bonds is 5. The molecule has 2 heterocycles. The highest BCUT2D eigenvalue weighted by Crippen LogP contribution is 2.29. The van der Waals surface area contributed by atoms with Gasteiger partial charge in [-0.05, 0) is 26.0 Å². The molecule has 158 valence electrons. The third-order valence-corrected chi connectivity index (χ3v) is 7.06. The third kappa shape index (κ3) is 3.76. The smallest absolute Gasteiger partial charge is 0.331 e. The van der Waals surface area contributed by atoms with Gasteiger partial charge in [0, 0.05) is 45.5 Å². The van der Waals surface area contributed by atoms with Crippen LogP contribution in [-0.4, -0.2) is 80.1 Å². The molecule has 9 nitrogen and oxygen atoms in total. The van der Waals surface area contributed by atoms with E-state index in [0.717, 1.165) is 20.0 Å². The Morgan fingerprint density at radius 1 is 0.966 bits per heavy atom. The fourth-order valence-corrected chi connectivity index (χ4v) is 5.08. The molecule has 3 rings (SSSR count). The van der Waals surface area contributed by atoms with Gasteiger partial charge in [-0.15, -0.1) is 0 Å². The Labute approximate surface area is 171 Å². The molecule has 10 heteroatoms. The molecule has 0 bridgehead atoms. The standard InChI is InChI=1S/C19H26N4O5S/c1-4-22-18(24)15(19(25)23(5-2)29(22,26)27)14-20-10-12-21(13-11-20)16-8-6-7-9-17(16)28-3/h6-9,14H,4-5,10-13H2,1-3H3. The molecule has 0 unspecified atom stereocenters. The summed E-state index contributed by atoms with van der Waals surface area (Å²) in [6.07, 6.45) is 1.50. The minimum atomic E-state index is -4.10. The molecule has 1 aromatic rings. The Bertz CT molecular complexity index is 890. The first-order valence-electron chi connectivity index (χ1n) is 9.58. The average molecular weight is 423 g/mol. The predicted molar refractivity (Wildman–Crippen MR) is 109 cm³/mol. The second-order valence-electron chi connectivity index (χ2n) is 6.69. The van der Waals surface area contributed by atoms with Crippen molar-refractivity contribution in [2.45, 2.75) is 13.8 Å². The Morgan fingerprint density at radius 2 is 1.52 bits per heavy atom. The van der Waals surface area contributed by atoms with Crippen LogP contribution in [0.15, 0.2) is 36.0 Å². The number of methoxy groups -OCH3 is 1. The van der Waals surface area contributed by atoms with Gasteiger partial charge in [0.05, 0.1) is 12.8 Å². The van der Waals surface area contributed by atoms with Gasteiger partial charge in [0.1, 0.15) is 11.3 Å². The van der Waals surface area contributed by atoms with Gasteiger partial charge in [0.2, 0.25) is 0 Å². The summed E-state index contributed by atoms with van der Waals surface area (Å²) in [6, 6.07) is 7.76. The van der Waals surface area contributed by atoms with Gasteiger partial charge in [-0.1, -0.05) is 12.1 Å². The van der Waals surface area contributed by atoms with Crippen molar-refractivity contribution in [3.63, 3.8) is 0 Å². The van der Waals surface area contributed by atoms with E-state index in [0.29, 0.717) is 26.2 Å². The van der Waals surface area contributed by atoms with Gasteiger partial charge in [0.15, 0.2) is 0 Å². The summed E-state index contributed by atoms with van der Waals surface area (Å²) in [4.78, 5) is 29.4. The van der Waals surface area contributed by atoms with Crippen molar-refractivity contribution in [3.8, 4) is 5.75 Å². The van der Waals surface area contributed by atoms with Crippen LogP contribution in [0.2, 0.25) is 0 Å². The van der Waals surface area contributed by atoms with Crippen LogP contribution in [0.5, 0.6) is 5.75 Å². The highest BCUT2D eigenvalue weighted by molar-refractivity contribution is 7.88. The molecule has 2 fully saturated rings. The van der Waals surface area contributed by atoms with Crippen molar-refractivity contribution in [3.05, 3.63) is 36.0 Å². The normalized spacial score (nSPS) is 19.6. The minimum Gasteiger partial charge on any atom is -0.495 e. The molecule has 2 aliphatic heterocycles. The van der Waals surface area contributed by atoms with Gasteiger partial charge in [-0.25, -0.2) is 8.61 Å². The highest BCUT2D eigenvalue weighted by Gasteiger charge is 2.45. The molecule has 0 saturated carbocycles. The lowest BCUT2D eigenvalue weighted by molar-refractivity contribution is -0.131. The summed E-state index contributed by atoms with van der Waals surface area (Å²) in [5.41, 5.74) is 0.877. The Morgan fingerprint density at radius 3 is 2.03 bits per heavy atom. The van der Waals surface area contributed by atoms with E-state index in [1.165, 1.54) is 6.20 Å². The first-order valence-corrected chi connectivity index (χ1v) is 11.0. The first kappa shape index (κ1) is 21.0. The quantitative estimate of drug-likeness (QED) is 0.508. The molecule has 0 atom stereocenters. The van der Waals surface area contributed by atoms with Gasteiger partial charge in [-0.2, -0.15) is 8.42 Å². The van der Waals surface area contributed by atoms with E-state index in [2.05, 4.69) is 4.90 Å². The zero-order valence-corrected chi connectivity index (χ0v) is 17.7. The van der Waals surface area contributed by atoms with Crippen molar-refractivity contribution in [2.75, 3.05) is 51.3 Å². The number of amides is 2. The van der Waals surface area contributed by atoms with Gasteiger partial charge < -0.3 is 14.5 Å². The lowest BCUT2D eigenvalue weighted by atomic mass is 10.2. The van der Waals surface area contributed by atoms with Crippen LogP contribution in [-0.2, 0) is 19.8 Å². The average Bonchev–Trinajstić information content (AvgIpc) is 2.72. The number of carbonyl (C=O) groups is 2. The molecule has 0 N–H and O–H groups in total. The van der Waals surface area contributed by atoms with Crippen molar-refractivity contribution >= 4 is 27.7 Å². The molecule has 0 aromatic heterocycles. The number of benzene rings is 1. The summed E-state index contributed by atoms with van der Waals surface area (Å²) in [6.45, 7) is 5.64. The molecule has 0 aliphatic carbocycles. The Balaban J connectivity index is 1.79. The molecule has 0 radical (unpaired) electrons. The van der Waals surface area contributed by atoms with Crippen molar-refractivity contribution in [2.24, 2.45) is 0 Å². The molecular weight excluding hydrogens is 396 g/mol. The lowest BCUT2D eigenvalue weighted by Gasteiger charge is -2.38. The number of ether oxygens (including phenoxy) is 1. The number of para-hydroxylation sites is 2. The number of nitrogens with zero attached hydrogens (tertiary/aromatic N) is 4. The van der Waals surface area contributed by atoms with E-state index in [1.54, 1.807) is 21.0 Å². The molecule has 0 spiro atoms. The number of carbonyl (C=O) groups excluding carboxylic acids is 2. The van der Waals surface area contributed by atoms with E-state index in [4.69, 9.17) is 4.74 Å². The third-order valence-electron chi connectivity index (χ3n) is 5.10. The summed E-state index contributed by atoms with van der Waals surface area (Å²) in [5, 5.41) is 0. The first-order chi connectivity index (χ1) is 13.8. The van der Waals surface area contributed by atoms with Crippen molar-refractivity contribution in [1.29, 1.82) is 0 Å². The summed E-state index contributed by atoms with van der Waals surface area (Å²) >= 11 is 0. The van der Waals surface area contributed by atoms with Crippen LogP contribution in [0.25, 0.3) is 0 Å². The van der Waals surface area contributed by atoms with Crippen LogP contribution in [0, 0.1) is 0 Å². The largest absolute Gasteiger partial charge is 0.495 e. The number of piperazine rings is 1. The fraction of sp³-hybridized carbons (Fsp3) is 0.474. The number of likely N-dealkylation sites (N-methyl/N-ethyl adjacent to an activating group) is 2. The number of hydrogen-bond donors (Lipinski definition) is 0. The minimum absolute atomic E-state index is 0.0239. The summed E-state index contributed by atoms with van der Waals surface area (Å²) in [5.74, 6) is -0.747. The van der Waals surface area contributed by atoms with E-state index in [1.807, 2.05) is 29.2 Å². The van der Waals surface area contributed by atoms with Crippen LogP contribution < -0.4 is 9.64 Å². The SMILES string of the molecule is CCN1C(=O)C(=CN2CCN(c3ccccc3OC)CC2)C(=O)N(CC)S1(=O)=O. The maximum absolute atomic E-state index is 12.7. The highest BCUT2D eigenvalue weighted by atomic mass is 32.2. The van der Waals surface area contributed by atoms with Crippen LogP contribution in [0.4, 0.5) is 5.69 Å². The van der Waals surface area contributed by atoms with E-state index in [-0.39, 0.29) is 18.7 Å². The Kier molecular flexibility index (Phi) is 6.02. The molecule has 2 amide bonds. The van der Waals surface area contributed by atoms with Crippen molar-refractivity contribution in [1.82, 2.24) is 13.5 Å². The zero-order chi connectivity index (χ0) is 21.2. The van der Waals surface area contributed by atoms with Crippen LogP contribution in [0.1, 0.15) is 13.8 Å². The van der Waals surface area contributed by atoms with Crippen LogP contribution >= 0.6 is 0 Å². The molecule has 2 aliphatic rings. The fourth-order valence-electron chi connectivity index (χ4n) is 3.58. The predicted octanol–water partition coefficient (Wildman–Crippen LogP) is 0.657. The number of anilines is 1.